The average molecular weight is 512 g/mol. The maximum atomic E-state index is 13.2. The van der Waals surface area contributed by atoms with Crippen LogP contribution in [0.3, 0.4) is 0 Å². The van der Waals surface area contributed by atoms with Crippen LogP contribution in [0.1, 0.15) is 77.5 Å². The lowest BCUT2D eigenvalue weighted by atomic mass is 9.67. The van der Waals surface area contributed by atoms with E-state index < -0.39 is 5.60 Å². The van der Waals surface area contributed by atoms with Gasteiger partial charge in [-0.15, -0.1) is 0 Å². The second kappa shape index (κ2) is 10.5. The molecule has 2 aromatic carbocycles. The van der Waals surface area contributed by atoms with Crippen molar-refractivity contribution in [3.05, 3.63) is 70.7 Å². The second-order valence-electron chi connectivity index (χ2n) is 12.3. The van der Waals surface area contributed by atoms with Crippen molar-refractivity contribution in [2.24, 2.45) is 16.7 Å². The van der Waals surface area contributed by atoms with Gasteiger partial charge < -0.3 is 9.47 Å². The Morgan fingerprint density at radius 3 is 2.36 bits per heavy atom. The minimum Gasteiger partial charge on any atom is -0.460 e. The largest absolute Gasteiger partial charge is 0.460 e. The van der Waals surface area contributed by atoms with Gasteiger partial charge in [-0.1, -0.05) is 67.9 Å². The maximum Gasteiger partial charge on any atom is 0.308 e. The Morgan fingerprint density at radius 1 is 1.11 bits per heavy atom. The number of esters is 1. The van der Waals surface area contributed by atoms with Crippen LogP contribution >= 0.6 is 11.6 Å². The highest BCUT2D eigenvalue weighted by atomic mass is 35.5. The van der Waals surface area contributed by atoms with Crippen molar-refractivity contribution in [1.29, 1.82) is 0 Å². The van der Waals surface area contributed by atoms with Crippen molar-refractivity contribution < 1.29 is 14.3 Å². The predicted octanol–water partition coefficient (Wildman–Crippen LogP) is 7.46. The lowest BCUT2D eigenvalue weighted by molar-refractivity contribution is -0.157. The first-order valence-electron chi connectivity index (χ1n) is 13.2. The van der Waals surface area contributed by atoms with E-state index in [2.05, 4.69) is 55.1 Å². The van der Waals surface area contributed by atoms with E-state index in [9.17, 15) is 4.79 Å². The molecule has 2 saturated carbocycles. The molecule has 2 aliphatic rings. The number of hydrogen-bond acceptors (Lipinski definition) is 4. The van der Waals surface area contributed by atoms with Crippen LogP contribution in [0.15, 0.2) is 54.6 Å². The van der Waals surface area contributed by atoms with Crippen molar-refractivity contribution in [2.45, 2.75) is 84.6 Å². The van der Waals surface area contributed by atoms with Gasteiger partial charge >= 0.3 is 5.97 Å². The van der Waals surface area contributed by atoms with E-state index in [4.69, 9.17) is 21.1 Å². The summed E-state index contributed by atoms with van der Waals surface area (Å²) in [5.74, 6) is 0.483. The van der Waals surface area contributed by atoms with E-state index in [1.807, 2.05) is 46.1 Å². The van der Waals surface area contributed by atoms with Crippen molar-refractivity contribution >= 4 is 17.6 Å². The molecule has 0 N–H and O–H groups in total. The first-order valence-corrected chi connectivity index (χ1v) is 13.6. The topological polar surface area (TPSA) is 38.8 Å². The number of nitrogens with zero attached hydrogens (tertiary/aromatic N) is 1. The third-order valence-corrected chi connectivity index (χ3v) is 9.08. The molecule has 0 saturated heterocycles. The lowest BCUT2D eigenvalue weighted by Crippen LogP contribution is -2.49. The van der Waals surface area contributed by atoms with Gasteiger partial charge in [0, 0.05) is 36.7 Å². The van der Waals surface area contributed by atoms with Crippen LogP contribution in [0.25, 0.3) is 0 Å². The molecule has 2 aliphatic carbocycles. The van der Waals surface area contributed by atoms with Crippen molar-refractivity contribution in [3.63, 3.8) is 0 Å². The standard InChI is InChI=1S/C31H42ClNO3/c1-29(2,3)36-28(34)19-26(23-12-14-25(32)15-13-23)33(20-22-10-8-7-9-11-22)21-31-17-16-24(30(31,4)5)18-27(31)35-6/h7-15,24,26-27H,16-21H2,1-6H3/t24-,26-,27-,31-/m1/s1. The van der Waals surface area contributed by atoms with E-state index in [0.29, 0.717) is 10.9 Å². The molecule has 0 amide bonds. The Labute approximate surface area is 222 Å². The van der Waals surface area contributed by atoms with E-state index >= 15 is 0 Å². The van der Waals surface area contributed by atoms with Crippen molar-refractivity contribution in [1.82, 2.24) is 4.90 Å². The van der Waals surface area contributed by atoms with Crippen LogP contribution in [0.5, 0.6) is 0 Å². The number of carbonyl (C=O) groups excluding carboxylic acids is 1. The number of methoxy groups -OCH3 is 1. The number of hydrogen-bond donors (Lipinski definition) is 0. The van der Waals surface area contributed by atoms with Gasteiger partial charge in [-0.05, 0) is 74.6 Å². The summed E-state index contributed by atoms with van der Waals surface area (Å²) in [6.07, 6.45) is 4.00. The number of rotatable bonds is 9. The number of fused-ring (bicyclic) bond motifs is 2. The zero-order valence-electron chi connectivity index (χ0n) is 22.7. The lowest BCUT2D eigenvalue weighted by Gasteiger charge is -2.47. The molecular formula is C31H42ClNO3. The summed E-state index contributed by atoms with van der Waals surface area (Å²) in [6, 6.07) is 18.4. The molecule has 4 rings (SSSR count). The molecule has 4 nitrogen and oxygen atoms in total. The Bertz CT molecular complexity index is 1030. The molecular weight excluding hydrogens is 470 g/mol. The van der Waals surface area contributed by atoms with E-state index in [0.717, 1.165) is 31.5 Å². The fourth-order valence-electron chi connectivity index (χ4n) is 6.84. The van der Waals surface area contributed by atoms with Crippen LogP contribution in [0.4, 0.5) is 0 Å². The number of halogens is 1. The molecule has 196 valence electrons. The Kier molecular flexibility index (Phi) is 7.90. The van der Waals surface area contributed by atoms with Crippen molar-refractivity contribution in [3.8, 4) is 0 Å². The van der Waals surface area contributed by atoms with Gasteiger partial charge in [-0.25, -0.2) is 0 Å². The highest BCUT2D eigenvalue weighted by Gasteiger charge is 2.64. The van der Waals surface area contributed by atoms with Gasteiger partial charge in [0.05, 0.1) is 12.5 Å². The predicted molar refractivity (Wildman–Crippen MR) is 146 cm³/mol. The Balaban J connectivity index is 1.75. The van der Waals surface area contributed by atoms with Crippen molar-refractivity contribution in [2.75, 3.05) is 13.7 Å². The van der Waals surface area contributed by atoms with Gasteiger partial charge in [0.2, 0.25) is 0 Å². The molecule has 0 spiro atoms. The Morgan fingerprint density at radius 2 is 1.78 bits per heavy atom. The van der Waals surface area contributed by atoms with Gasteiger partial charge in [0.15, 0.2) is 0 Å². The monoisotopic (exact) mass is 511 g/mol. The SMILES string of the molecule is CO[C@@H]1C[C@H]2CC[C@]1(CN(Cc1ccccc1)[C@H](CC(=O)OC(C)(C)C)c1ccc(Cl)cc1)C2(C)C. The maximum absolute atomic E-state index is 13.2. The number of benzene rings is 2. The molecule has 5 heteroatoms. The molecule has 0 aromatic heterocycles. The van der Waals surface area contributed by atoms with E-state index in [-0.39, 0.29) is 35.4 Å². The summed E-state index contributed by atoms with van der Waals surface area (Å²) in [4.78, 5) is 15.7. The molecule has 36 heavy (non-hydrogen) atoms. The fourth-order valence-corrected chi connectivity index (χ4v) is 6.97. The molecule has 0 aliphatic heterocycles. The second-order valence-corrected chi connectivity index (χ2v) is 12.8. The number of carbonyl (C=O) groups is 1. The number of ether oxygens (including phenoxy) is 2. The molecule has 0 unspecified atom stereocenters. The zero-order valence-corrected chi connectivity index (χ0v) is 23.5. The van der Waals surface area contributed by atoms with Gasteiger partial charge in [-0.2, -0.15) is 0 Å². The summed E-state index contributed by atoms with van der Waals surface area (Å²) in [5, 5.41) is 0.693. The minimum atomic E-state index is -0.530. The molecule has 2 aromatic rings. The van der Waals surface area contributed by atoms with Gasteiger partial charge in [-0.3, -0.25) is 9.69 Å². The minimum absolute atomic E-state index is 0.0276. The first-order chi connectivity index (χ1) is 16.9. The molecule has 0 heterocycles. The highest BCUT2D eigenvalue weighted by molar-refractivity contribution is 6.30. The third kappa shape index (κ3) is 5.51. The van der Waals surface area contributed by atoms with Crippen LogP contribution in [-0.2, 0) is 20.8 Å². The van der Waals surface area contributed by atoms with E-state index in [1.54, 1.807) is 0 Å². The van der Waals surface area contributed by atoms with Crippen LogP contribution in [0.2, 0.25) is 5.02 Å². The normalized spacial score (nSPS) is 25.8. The average Bonchev–Trinajstić information content (AvgIpc) is 3.18. The molecule has 0 radical (unpaired) electrons. The molecule has 4 atom stereocenters. The molecule has 2 fully saturated rings. The first kappa shape index (κ1) is 27.2. The third-order valence-electron chi connectivity index (χ3n) is 8.83. The van der Waals surface area contributed by atoms with Gasteiger partial charge in [0.25, 0.3) is 0 Å². The van der Waals surface area contributed by atoms with Gasteiger partial charge in [0.1, 0.15) is 5.60 Å². The highest BCUT2D eigenvalue weighted by Crippen LogP contribution is 2.67. The summed E-state index contributed by atoms with van der Waals surface area (Å²) in [7, 11) is 1.86. The summed E-state index contributed by atoms with van der Waals surface area (Å²) in [6.45, 7) is 12.2. The molecule has 2 bridgehead atoms. The Hall–Kier alpha value is -1.88. The summed E-state index contributed by atoms with van der Waals surface area (Å²) >= 11 is 6.26. The van der Waals surface area contributed by atoms with Crippen LogP contribution in [-0.4, -0.2) is 36.2 Å². The van der Waals surface area contributed by atoms with Crippen LogP contribution in [0, 0.1) is 16.7 Å². The fraction of sp³-hybridized carbons (Fsp3) is 0.581. The van der Waals surface area contributed by atoms with Crippen LogP contribution < -0.4 is 0 Å². The zero-order chi connectivity index (χ0) is 26.1. The smallest absolute Gasteiger partial charge is 0.308 e. The quantitative estimate of drug-likeness (QED) is 0.327. The summed E-state index contributed by atoms with van der Waals surface area (Å²) < 4.78 is 12.0. The van der Waals surface area contributed by atoms with E-state index in [1.165, 1.54) is 12.0 Å². The summed E-state index contributed by atoms with van der Waals surface area (Å²) in [5.41, 5.74) is 1.98.